The van der Waals surface area contributed by atoms with Crippen LogP contribution in [0, 0.1) is 6.92 Å². The maximum Gasteiger partial charge on any atom is 0.331 e. The lowest BCUT2D eigenvalue weighted by Crippen LogP contribution is -2.37. The fraction of sp³-hybridized carbons (Fsp3) is 0.333. The second-order valence-corrected chi connectivity index (χ2v) is 11.1. The van der Waals surface area contributed by atoms with Crippen molar-refractivity contribution in [1.82, 2.24) is 15.2 Å². The van der Waals surface area contributed by atoms with Crippen LogP contribution in [0.25, 0.3) is 10.2 Å². The van der Waals surface area contributed by atoms with Crippen LogP contribution >= 0.6 is 11.3 Å². The fourth-order valence-electron chi connectivity index (χ4n) is 5.05. The Balaban J connectivity index is 1.43. The van der Waals surface area contributed by atoms with E-state index in [4.69, 9.17) is 9.47 Å². The monoisotopic (exact) mass is 575 g/mol. The van der Waals surface area contributed by atoms with Crippen LogP contribution in [0.2, 0.25) is 0 Å². The molecular formula is C30H33N5O5S. The minimum absolute atomic E-state index is 0.137. The molecule has 4 amide bonds. The summed E-state index contributed by atoms with van der Waals surface area (Å²) in [6, 6.07) is 6.96. The van der Waals surface area contributed by atoms with Crippen LogP contribution in [0.4, 0.5) is 21.9 Å². The Kier molecular flexibility index (Phi) is 8.09. The molecule has 0 saturated carbocycles. The number of nitrogens with one attached hydrogen (secondary N) is 2. The molecular weight excluding hydrogens is 542 g/mol. The van der Waals surface area contributed by atoms with E-state index < -0.39 is 0 Å². The first-order chi connectivity index (χ1) is 19.7. The second kappa shape index (κ2) is 11.7. The van der Waals surface area contributed by atoms with Crippen molar-refractivity contribution < 1.29 is 23.9 Å². The number of urea groups is 1. The number of benzene rings is 1. The SMILES string of the molecule is C=CC(=O)N1CCCC(NC(=O)c2sc3nccc4c3c2NC(=O)N4c2ccc(OCCOC(C)C)cc2C)=C1C. The van der Waals surface area contributed by atoms with Crippen LogP contribution in [0.5, 0.6) is 5.75 Å². The molecule has 0 bridgehead atoms. The van der Waals surface area contributed by atoms with Crippen molar-refractivity contribution in [2.24, 2.45) is 0 Å². The molecule has 3 aromatic rings. The van der Waals surface area contributed by atoms with Crippen molar-refractivity contribution >= 4 is 56.5 Å². The zero-order chi connectivity index (χ0) is 29.3. The molecule has 1 aromatic carbocycles. The largest absolute Gasteiger partial charge is 0.491 e. The molecule has 0 unspecified atom stereocenters. The molecule has 10 nitrogen and oxygen atoms in total. The molecule has 2 aromatic heterocycles. The molecule has 2 N–H and O–H groups in total. The predicted molar refractivity (Wildman–Crippen MR) is 160 cm³/mol. The van der Waals surface area contributed by atoms with E-state index >= 15 is 0 Å². The summed E-state index contributed by atoms with van der Waals surface area (Å²) in [6.07, 6.45) is 4.39. The number of nitrogens with zero attached hydrogens (tertiary/aromatic N) is 3. The van der Waals surface area contributed by atoms with Gasteiger partial charge in [0, 0.05) is 24.1 Å². The Morgan fingerprint density at radius 2 is 2.02 bits per heavy atom. The number of carbonyl (C=O) groups excluding carboxylic acids is 3. The number of aromatic nitrogens is 1. The van der Waals surface area contributed by atoms with E-state index in [9.17, 15) is 14.4 Å². The number of hydrogen-bond acceptors (Lipinski definition) is 7. The lowest BCUT2D eigenvalue weighted by atomic mass is 10.1. The van der Waals surface area contributed by atoms with E-state index in [0.717, 1.165) is 12.0 Å². The van der Waals surface area contributed by atoms with Crippen molar-refractivity contribution in [3.8, 4) is 5.75 Å². The van der Waals surface area contributed by atoms with Crippen LogP contribution in [0.15, 0.2) is 54.5 Å². The summed E-state index contributed by atoms with van der Waals surface area (Å²) >= 11 is 1.22. The minimum Gasteiger partial charge on any atom is -0.491 e. The molecule has 11 heteroatoms. The highest BCUT2D eigenvalue weighted by Gasteiger charge is 2.34. The lowest BCUT2D eigenvalue weighted by molar-refractivity contribution is -0.124. The van der Waals surface area contributed by atoms with Gasteiger partial charge in [-0.25, -0.2) is 9.78 Å². The van der Waals surface area contributed by atoms with Crippen molar-refractivity contribution in [3.05, 3.63) is 65.0 Å². The Bertz CT molecular complexity index is 1580. The maximum atomic E-state index is 13.5. The van der Waals surface area contributed by atoms with Crippen LogP contribution in [-0.4, -0.2) is 53.6 Å². The van der Waals surface area contributed by atoms with Gasteiger partial charge in [-0.2, -0.15) is 0 Å². The first-order valence-electron chi connectivity index (χ1n) is 13.5. The average molecular weight is 576 g/mol. The lowest BCUT2D eigenvalue weighted by Gasteiger charge is -2.30. The van der Waals surface area contributed by atoms with Gasteiger partial charge in [0.2, 0.25) is 5.91 Å². The standard InChI is InChI=1S/C30H33N5O5S/c1-6-24(36)34-13-7-8-21(19(34)5)32-28(37)27-26-25-23(11-12-31-29(25)41-27)35(30(38)33-26)22-10-9-20(16-18(22)4)40-15-14-39-17(2)3/h6,9-12,16-17H,1,7-8,13-15H2,2-5H3,(H,32,37)(H,33,38). The minimum atomic E-state index is -0.379. The molecule has 0 saturated heterocycles. The van der Waals surface area contributed by atoms with Crippen molar-refractivity contribution in [1.29, 1.82) is 0 Å². The molecule has 214 valence electrons. The summed E-state index contributed by atoms with van der Waals surface area (Å²) in [5, 5.41) is 6.62. The van der Waals surface area contributed by atoms with Gasteiger partial charge in [-0.05, 0) is 76.4 Å². The highest BCUT2D eigenvalue weighted by atomic mass is 32.1. The van der Waals surface area contributed by atoms with Gasteiger partial charge in [-0.3, -0.25) is 14.5 Å². The van der Waals surface area contributed by atoms with Crippen molar-refractivity contribution in [3.63, 3.8) is 0 Å². The third kappa shape index (κ3) is 5.55. The predicted octanol–water partition coefficient (Wildman–Crippen LogP) is 5.86. The number of aryl methyl sites for hydroxylation is 1. The van der Waals surface area contributed by atoms with Gasteiger partial charge in [0.15, 0.2) is 0 Å². The summed E-state index contributed by atoms with van der Waals surface area (Å²) in [5.74, 6) is 0.123. The first kappa shape index (κ1) is 28.3. The number of hydrogen-bond donors (Lipinski definition) is 2. The highest BCUT2D eigenvalue weighted by molar-refractivity contribution is 7.21. The number of pyridine rings is 1. The van der Waals surface area contributed by atoms with Gasteiger partial charge in [0.1, 0.15) is 22.1 Å². The molecule has 2 aliphatic heterocycles. The summed E-state index contributed by atoms with van der Waals surface area (Å²) < 4.78 is 11.4. The summed E-state index contributed by atoms with van der Waals surface area (Å²) in [6.45, 7) is 12.7. The smallest absolute Gasteiger partial charge is 0.331 e. The molecule has 4 heterocycles. The fourth-order valence-corrected chi connectivity index (χ4v) is 6.07. The number of rotatable bonds is 9. The number of anilines is 3. The Morgan fingerprint density at radius 3 is 2.76 bits per heavy atom. The second-order valence-electron chi connectivity index (χ2n) is 10.1. The molecule has 0 atom stereocenters. The van der Waals surface area contributed by atoms with E-state index in [0.29, 0.717) is 75.5 Å². The van der Waals surface area contributed by atoms with Gasteiger partial charge in [-0.1, -0.05) is 6.58 Å². The third-order valence-corrected chi connectivity index (χ3v) is 8.12. The molecule has 0 fully saturated rings. The number of carbonyl (C=O) groups is 3. The number of ether oxygens (including phenoxy) is 2. The number of allylic oxidation sites excluding steroid dienone is 2. The van der Waals surface area contributed by atoms with Crippen LogP contribution < -0.4 is 20.3 Å². The van der Waals surface area contributed by atoms with Crippen LogP contribution in [0.1, 0.15) is 48.8 Å². The van der Waals surface area contributed by atoms with Gasteiger partial charge >= 0.3 is 6.03 Å². The Labute approximate surface area is 242 Å². The van der Waals surface area contributed by atoms with Gasteiger partial charge in [0.05, 0.1) is 35.2 Å². The first-order valence-corrected chi connectivity index (χ1v) is 14.3. The van der Waals surface area contributed by atoms with Gasteiger partial charge < -0.3 is 25.0 Å². The number of amides is 4. The Hall–Kier alpha value is -4.22. The van der Waals surface area contributed by atoms with Crippen LogP contribution in [0.3, 0.4) is 0 Å². The molecule has 2 aliphatic rings. The zero-order valence-corrected chi connectivity index (χ0v) is 24.4. The van der Waals surface area contributed by atoms with Crippen LogP contribution in [-0.2, 0) is 9.53 Å². The quantitative estimate of drug-likeness (QED) is 0.244. The van der Waals surface area contributed by atoms with E-state index in [2.05, 4.69) is 22.2 Å². The zero-order valence-electron chi connectivity index (χ0n) is 23.6. The van der Waals surface area contributed by atoms with Gasteiger partial charge in [0.25, 0.3) is 5.91 Å². The van der Waals surface area contributed by atoms with E-state index in [1.807, 2.05) is 45.9 Å². The maximum absolute atomic E-state index is 13.5. The summed E-state index contributed by atoms with van der Waals surface area (Å²) in [5.41, 5.74) is 3.98. The molecule has 0 aliphatic carbocycles. The van der Waals surface area contributed by atoms with Crippen molar-refractivity contribution in [2.75, 3.05) is 30.0 Å². The van der Waals surface area contributed by atoms with Crippen molar-refractivity contribution in [2.45, 2.75) is 46.6 Å². The van der Waals surface area contributed by atoms with E-state index in [-0.39, 0.29) is 23.9 Å². The topological polar surface area (TPSA) is 113 Å². The normalized spacial score (nSPS) is 14.9. The molecule has 0 radical (unpaired) electrons. The molecule has 41 heavy (non-hydrogen) atoms. The molecule has 5 rings (SSSR count). The molecule has 0 spiro atoms. The average Bonchev–Trinajstić information content (AvgIpc) is 3.32. The summed E-state index contributed by atoms with van der Waals surface area (Å²) in [7, 11) is 0. The van der Waals surface area contributed by atoms with E-state index in [1.165, 1.54) is 17.4 Å². The van der Waals surface area contributed by atoms with Gasteiger partial charge in [-0.15, -0.1) is 11.3 Å². The van der Waals surface area contributed by atoms with E-state index in [1.54, 1.807) is 22.1 Å². The third-order valence-electron chi connectivity index (χ3n) is 7.02. The summed E-state index contributed by atoms with van der Waals surface area (Å²) in [4.78, 5) is 48.0. The Morgan fingerprint density at radius 1 is 1.22 bits per heavy atom. The number of thiophene rings is 1. The highest BCUT2D eigenvalue weighted by Crippen LogP contribution is 2.46.